The van der Waals surface area contributed by atoms with Gasteiger partial charge in [-0.1, -0.05) is 18.2 Å². The second kappa shape index (κ2) is 6.03. The molecule has 1 unspecified atom stereocenters. The monoisotopic (exact) mass is 246 g/mol. The summed E-state index contributed by atoms with van der Waals surface area (Å²) >= 11 is 1.89. The van der Waals surface area contributed by atoms with Crippen molar-refractivity contribution in [3.63, 3.8) is 0 Å². The highest BCUT2D eigenvalue weighted by atomic mass is 32.2. The van der Waals surface area contributed by atoms with E-state index < -0.39 is 0 Å². The van der Waals surface area contributed by atoms with Crippen molar-refractivity contribution in [1.82, 2.24) is 10.3 Å². The van der Waals surface area contributed by atoms with Gasteiger partial charge < -0.3 is 5.32 Å². The Kier molecular flexibility index (Phi) is 4.40. The van der Waals surface area contributed by atoms with E-state index in [-0.39, 0.29) is 0 Å². The van der Waals surface area contributed by atoms with Crippen LogP contribution in [0.25, 0.3) is 10.8 Å². The van der Waals surface area contributed by atoms with Gasteiger partial charge in [-0.15, -0.1) is 0 Å². The molecule has 0 fully saturated rings. The Hall–Kier alpha value is -1.06. The molecule has 0 aliphatic carbocycles. The minimum atomic E-state index is 0.425. The summed E-state index contributed by atoms with van der Waals surface area (Å²) in [5.74, 6) is 1.17. The third-order valence-corrected chi connectivity index (χ3v) is 3.69. The van der Waals surface area contributed by atoms with Gasteiger partial charge in [0.15, 0.2) is 0 Å². The van der Waals surface area contributed by atoms with Crippen LogP contribution in [-0.2, 0) is 0 Å². The van der Waals surface area contributed by atoms with Gasteiger partial charge in [-0.25, -0.2) is 0 Å². The molecule has 1 heterocycles. The summed E-state index contributed by atoms with van der Waals surface area (Å²) in [7, 11) is 2.03. The Morgan fingerprint density at radius 3 is 3.00 bits per heavy atom. The van der Waals surface area contributed by atoms with Gasteiger partial charge in [0, 0.05) is 23.8 Å². The van der Waals surface area contributed by atoms with Crippen molar-refractivity contribution in [2.24, 2.45) is 0 Å². The first kappa shape index (κ1) is 12.4. The fourth-order valence-electron chi connectivity index (χ4n) is 2.14. The molecule has 0 saturated carbocycles. The zero-order chi connectivity index (χ0) is 12.1. The summed E-state index contributed by atoms with van der Waals surface area (Å²) in [5, 5.41) is 5.94. The molecule has 0 spiro atoms. The number of benzene rings is 1. The molecule has 1 aromatic heterocycles. The zero-order valence-electron chi connectivity index (χ0n) is 10.3. The van der Waals surface area contributed by atoms with E-state index in [1.807, 2.05) is 31.2 Å². The zero-order valence-corrected chi connectivity index (χ0v) is 11.1. The lowest BCUT2D eigenvalue weighted by molar-refractivity contribution is 0.585. The van der Waals surface area contributed by atoms with Crippen molar-refractivity contribution >= 4 is 22.5 Å². The third kappa shape index (κ3) is 2.79. The van der Waals surface area contributed by atoms with Gasteiger partial charge in [0.25, 0.3) is 0 Å². The molecule has 3 heteroatoms. The largest absolute Gasteiger partial charge is 0.313 e. The van der Waals surface area contributed by atoms with E-state index >= 15 is 0 Å². The van der Waals surface area contributed by atoms with Gasteiger partial charge in [-0.3, -0.25) is 4.98 Å². The number of rotatable bonds is 5. The quantitative estimate of drug-likeness (QED) is 0.876. The smallest absolute Gasteiger partial charge is 0.0346 e. The Labute approximate surface area is 107 Å². The Morgan fingerprint density at radius 2 is 2.24 bits per heavy atom. The van der Waals surface area contributed by atoms with Crippen molar-refractivity contribution in [3.8, 4) is 0 Å². The third-order valence-electron chi connectivity index (χ3n) is 3.05. The summed E-state index contributed by atoms with van der Waals surface area (Å²) in [6.07, 6.45) is 7.10. The molecular formula is C14H18N2S. The lowest BCUT2D eigenvalue weighted by Gasteiger charge is -2.18. The van der Waals surface area contributed by atoms with Crippen LogP contribution in [0.1, 0.15) is 18.0 Å². The predicted octanol–water partition coefficient (Wildman–Crippen LogP) is 3.25. The van der Waals surface area contributed by atoms with Crippen LogP contribution < -0.4 is 5.32 Å². The molecule has 0 radical (unpaired) electrons. The van der Waals surface area contributed by atoms with Gasteiger partial charge >= 0.3 is 0 Å². The van der Waals surface area contributed by atoms with Gasteiger partial charge in [0.1, 0.15) is 0 Å². The van der Waals surface area contributed by atoms with Gasteiger partial charge in [0.2, 0.25) is 0 Å². The summed E-state index contributed by atoms with van der Waals surface area (Å²) in [6, 6.07) is 8.97. The molecule has 0 aliphatic rings. The van der Waals surface area contributed by atoms with Gasteiger partial charge in [-0.2, -0.15) is 11.8 Å². The van der Waals surface area contributed by atoms with Crippen LogP contribution in [0.4, 0.5) is 0 Å². The molecule has 2 aromatic rings. The molecule has 0 bridgehead atoms. The number of hydrogen-bond acceptors (Lipinski definition) is 3. The maximum absolute atomic E-state index is 4.18. The molecule has 0 aliphatic heterocycles. The van der Waals surface area contributed by atoms with E-state index in [0.29, 0.717) is 6.04 Å². The van der Waals surface area contributed by atoms with Crippen molar-refractivity contribution in [2.75, 3.05) is 19.1 Å². The average Bonchev–Trinajstić information content (AvgIpc) is 2.40. The summed E-state index contributed by atoms with van der Waals surface area (Å²) in [5.41, 5.74) is 1.38. The molecule has 1 aromatic carbocycles. The molecule has 2 rings (SSSR count). The summed E-state index contributed by atoms with van der Waals surface area (Å²) in [4.78, 5) is 4.18. The number of pyridine rings is 1. The van der Waals surface area contributed by atoms with Crippen LogP contribution in [0.2, 0.25) is 0 Å². The fraction of sp³-hybridized carbons (Fsp3) is 0.357. The van der Waals surface area contributed by atoms with Crippen molar-refractivity contribution in [3.05, 3.63) is 42.2 Å². The lowest BCUT2D eigenvalue weighted by Crippen LogP contribution is -2.17. The molecule has 2 nitrogen and oxygen atoms in total. The molecule has 17 heavy (non-hydrogen) atoms. The van der Waals surface area contributed by atoms with E-state index in [1.165, 1.54) is 22.1 Å². The van der Waals surface area contributed by atoms with Crippen LogP contribution in [0, 0.1) is 0 Å². The maximum atomic E-state index is 4.18. The number of fused-ring (bicyclic) bond motifs is 1. The first-order valence-corrected chi connectivity index (χ1v) is 7.25. The molecule has 0 saturated heterocycles. The van der Waals surface area contributed by atoms with Crippen LogP contribution in [0.3, 0.4) is 0 Å². The second-order valence-corrected chi connectivity index (χ2v) is 5.05. The number of aromatic nitrogens is 1. The SMILES string of the molecule is CNC(CCSC)c1cccc2cnccc12. The Morgan fingerprint density at radius 1 is 1.35 bits per heavy atom. The minimum absolute atomic E-state index is 0.425. The number of thioether (sulfide) groups is 1. The molecule has 0 amide bonds. The lowest BCUT2D eigenvalue weighted by atomic mass is 9.98. The highest BCUT2D eigenvalue weighted by molar-refractivity contribution is 7.98. The minimum Gasteiger partial charge on any atom is -0.313 e. The van der Waals surface area contributed by atoms with Crippen LogP contribution >= 0.6 is 11.8 Å². The van der Waals surface area contributed by atoms with Crippen LogP contribution in [0.5, 0.6) is 0 Å². The van der Waals surface area contributed by atoms with E-state index in [2.05, 4.69) is 40.8 Å². The maximum Gasteiger partial charge on any atom is 0.0346 e. The highest BCUT2D eigenvalue weighted by Crippen LogP contribution is 2.26. The van der Waals surface area contributed by atoms with Gasteiger partial charge in [0.05, 0.1) is 0 Å². The molecule has 1 N–H and O–H groups in total. The van der Waals surface area contributed by atoms with E-state index in [1.54, 1.807) is 0 Å². The first-order chi connectivity index (χ1) is 8.36. The first-order valence-electron chi connectivity index (χ1n) is 5.85. The number of nitrogens with one attached hydrogen (secondary N) is 1. The summed E-state index contributed by atoms with van der Waals surface area (Å²) in [6.45, 7) is 0. The van der Waals surface area contributed by atoms with Crippen LogP contribution in [0.15, 0.2) is 36.7 Å². The molecular weight excluding hydrogens is 228 g/mol. The average molecular weight is 246 g/mol. The van der Waals surface area contributed by atoms with Crippen molar-refractivity contribution in [2.45, 2.75) is 12.5 Å². The second-order valence-electron chi connectivity index (χ2n) is 4.07. The van der Waals surface area contributed by atoms with Gasteiger partial charge in [-0.05, 0) is 42.5 Å². The Bertz CT molecular complexity index is 479. The normalized spacial score (nSPS) is 12.8. The number of hydrogen-bond donors (Lipinski definition) is 1. The Balaban J connectivity index is 2.38. The molecule has 1 atom stereocenters. The number of nitrogens with zero attached hydrogens (tertiary/aromatic N) is 1. The van der Waals surface area contributed by atoms with E-state index in [0.717, 1.165) is 6.42 Å². The van der Waals surface area contributed by atoms with Crippen molar-refractivity contribution < 1.29 is 0 Å². The topological polar surface area (TPSA) is 24.9 Å². The fourth-order valence-corrected chi connectivity index (χ4v) is 2.61. The van der Waals surface area contributed by atoms with E-state index in [4.69, 9.17) is 0 Å². The van der Waals surface area contributed by atoms with Crippen LogP contribution in [-0.4, -0.2) is 24.0 Å². The standard InChI is InChI=1S/C14H18N2S/c1-15-14(7-9-17-2)13-5-3-4-11-10-16-8-6-12(11)13/h3-6,8,10,14-15H,7,9H2,1-2H3. The highest BCUT2D eigenvalue weighted by Gasteiger charge is 2.11. The van der Waals surface area contributed by atoms with E-state index in [9.17, 15) is 0 Å². The predicted molar refractivity (Wildman–Crippen MR) is 76.5 cm³/mol. The molecule has 90 valence electrons. The van der Waals surface area contributed by atoms with Crippen molar-refractivity contribution in [1.29, 1.82) is 0 Å². The summed E-state index contributed by atoms with van der Waals surface area (Å²) < 4.78 is 0.